The van der Waals surface area contributed by atoms with Gasteiger partial charge >= 0.3 is 0 Å². The molecule has 46 heavy (non-hydrogen) atoms. The fourth-order valence-electron chi connectivity index (χ4n) is 5.02. The van der Waals surface area contributed by atoms with Crippen molar-refractivity contribution in [1.29, 1.82) is 0 Å². The fourth-order valence-corrected chi connectivity index (χ4v) is 5.02. The largest absolute Gasteiger partial charge is 0.387 e. The molecule has 4 rings (SSSR count). The zero-order valence-electron chi connectivity index (χ0n) is 26.5. The number of nitrogens with zero attached hydrogens (tertiary/aromatic N) is 1. The van der Waals surface area contributed by atoms with Crippen molar-refractivity contribution in [2.24, 2.45) is 0 Å². The number of nitrogens with two attached hydrogens (primary N) is 1. The highest BCUT2D eigenvalue weighted by molar-refractivity contribution is 5.94. The minimum Gasteiger partial charge on any atom is -0.387 e. The first-order valence-corrected chi connectivity index (χ1v) is 15.8. The van der Waals surface area contributed by atoms with Crippen LogP contribution >= 0.6 is 0 Å². The average molecular weight is 624 g/mol. The first-order valence-electron chi connectivity index (χ1n) is 15.8. The number of nitrogens with one attached hydrogen (secondary N) is 3. The number of carbonyl (C=O) groups is 2. The summed E-state index contributed by atoms with van der Waals surface area (Å²) in [7, 11) is 0. The molecule has 4 aromatic rings. The average Bonchev–Trinajstić information content (AvgIpc) is 3.07. The second kappa shape index (κ2) is 18.4. The molecule has 9 nitrogen and oxygen atoms in total. The summed E-state index contributed by atoms with van der Waals surface area (Å²) in [6.07, 6.45) is 3.85. The van der Waals surface area contributed by atoms with Gasteiger partial charge in [0.1, 0.15) is 5.82 Å². The fraction of sp³-hybridized carbons (Fsp3) is 0.324. The maximum atomic E-state index is 12.7. The quantitative estimate of drug-likeness (QED) is 0.105. The lowest BCUT2D eigenvalue weighted by Gasteiger charge is -2.18. The second-order valence-corrected chi connectivity index (χ2v) is 11.5. The number of aliphatic hydroxyl groups is 1. The molecule has 0 spiro atoms. The molecule has 1 aromatic heterocycles. The van der Waals surface area contributed by atoms with Gasteiger partial charge in [-0.25, -0.2) is 4.98 Å². The number of ether oxygens (including phenoxy) is 1. The first-order chi connectivity index (χ1) is 22.4. The van der Waals surface area contributed by atoms with Crippen molar-refractivity contribution in [2.75, 3.05) is 32.0 Å². The second-order valence-electron chi connectivity index (χ2n) is 11.5. The Morgan fingerprint density at radius 1 is 0.870 bits per heavy atom. The number of rotatable bonds is 18. The summed E-state index contributed by atoms with van der Waals surface area (Å²) in [6.45, 7) is 4.41. The van der Waals surface area contributed by atoms with Crippen LogP contribution in [0.25, 0.3) is 0 Å². The van der Waals surface area contributed by atoms with Crippen LogP contribution in [-0.4, -0.2) is 54.2 Å². The molecule has 6 N–H and O–H groups in total. The number of aromatic nitrogens is 1. The van der Waals surface area contributed by atoms with Gasteiger partial charge in [0.25, 0.3) is 5.91 Å². The van der Waals surface area contributed by atoms with E-state index in [2.05, 4.69) is 40.0 Å². The molecule has 2 atom stereocenters. The molecule has 0 saturated carbocycles. The summed E-state index contributed by atoms with van der Waals surface area (Å²) in [6, 6.07) is 29.1. The van der Waals surface area contributed by atoms with Crippen LogP contribution in [-0.2, 0) is 35.3 Å². The zero-order valence-corrected chi connectivity index (χ0v) is 26.5. The lowest BCUT2D eigenvalue weighted by molar-refractivity contribution is -0.120. The van der Waals surface area contributed by atoms with E-state index >= 15 is 0 Å². The van der Waals surface area contributed by atoms with Gasteiger partial charge in [-0.05, 0) is 66.6 Å². The normalized spacial score (nSPS) is 12.3. The van der Waals surface area contributed by atoms with Gasteiger partial charge in [0.15, 0.2) is 0 Å². The molecule has 0 aliphatic carbocycles. The number of aliphatic hydroxyl groups excluding tert-OH is 1. The Bertz CT molecular complexity index is 1500. The number of anilines is 1. The Hall–Kier alpha value is -4.57. The van der Waals surface area contributed by atoms with Crippen molar-refractivity contribution in [2.45, 2.75) is 51.3 Å². The smallest absolute Gasteiger partial charge is 0.251 e. The van der Waals surface area contributed by atoms with E-state index in [9.17, 15) is 14.7 Å². The number of hydrogen-bond donors (Lipinski definition) is 5. The third-order valence-electron chi connectivity index (χ3n) is 7.59. The van der Waals surface area contributed by atoms with Crippen LogP contribution in [0.1, 0.15) is 57.6 Å². The number of nitrogen functional groups attached to an aromatic ring is 1. The van der Waals surface area contributed by atoms with Crippen molar-refractivity contribution >= 4 is 17.6 Å². The highest BCUT2D eigenvalue weighted by Gasteiger charge is 2.12. The number of aryl methyl sites for hydroxylation is 1. The first kappa shape index (κ1) is 34.3. The zero-order chi connectivity index (χ0) is 32.6. The van der Waals surface area contributed by atoms with Gasteiger partial charge in [-0.2, -0.15) is 0 Å². The lowest BCUT2D eigenvalue weighted by Crippen LogP contribution is -2.32. The Morgan fingerprint density at radius 2 is 1.63 bits per heavy atom. The highest BCUT2D eigenvalue weighted by Crippen LogP contribution is 2.13. The van der Waals surface area contributed by atoms with Crippen LogP contribution in [0.5, 0.6) is 0 Å². The van der Waals surface area contributed by atoms with Crippen molar-refractivity contribution in [3.8, 4) is 0 Å². The lowest BCUT2D eigenvalue weighted by atomic mass is 10.0. The summed E-state index contributed by atoms with van der Waals surface area (Å²) in [4.78, 5) is 29.2. The molecule has 2 amide bonds. The van der Waals surface area contributed by atoms with Crippen LogP contribution in [0.3, 0.4) is 0 Å². The van der Waals surface area contributed by atoms with E-state index in [0.29, 0.717) is 49.8 Å². The molecule has 1 heterocycles. The van der Waals surface area contributed by atoms with Gasteiger partial charge in [-0.1, -0.05) is 72.8 Å². The van der Waals surface area contributed by atoms with Crippen LogP contribution < -0.4 is 21.7 Å². The molecule has 0 radical (unpaired) electrons. The number of hydrogen-bond acceptors (Lipinski definition) is 7. The third kappa shape index (κ3) is 12.1. The summed E-state index contributed by atoms with van der Waals surface area (Å²) in [5, 5.41) is 19.6. The molecule has 0 bridgehead atoms. The topological polar surface area (TPSA) is 139 Å². The van der Waals surface area contributed by atoms with E-state index in [1.807, 2.05) is 54.6 Å². The Kier molecular flexibility index (Phi) is 13.7. The molecule has 9 heteroatoms. The monoisotopic (exact) mass is 623 g/mol. The number of carbonyl (C=O) groups excluding carboxylic acids is 2. The van der Waals surface area contributed by atoms with Crippen molar-refractivity contribution in [3.63, 3.8) is 0 Å². The molecule has 0 fully saturated rings. The minimum absolute atomic E-state index is 0.0749. The van der Waals surface area contributed by atoms with E-state index in [-0.39, 0.29) is 24.3 Å². The maximum absolute atomic E-state index is 12.7. The molecule has 0 aliphatic heterocycles. The maximum Gasteiger partial charge on any atom is 0.251 e. The molecule has 242 valence electrons. The van der Waals surface area contributed by atoms with Crippen molar-refractivity contribution in [3.05, 3.63) is 131 Å². The molecule has 0 aliphatic rings. The summed E-state index contributed by atoms with van der Waals surface area (Å²) in [5.74, 6) is 0.196. The standard InChI is InChI=1S/C37H45N5O4/c1-27(40-26-34(43)33-16-17-35(38)41-25-33)21-30-9-5-10-31(22-30)23-36(44)42-24-29-12-14-32(15-13-29)37(45)39-18-20-46-19-6-11-28-7-3-2-4-8-28/h2-5,7-10,12-17,22,25,27,34,40,43H,6,11,18-21,23-24,26H2,1H3,(H2,38,41)(H,39,45)(H,42,44)/t27-,34-/m1/s1. The third-order valence-corrected chi connectivity index (χ3v) is 7.59. The van der Waals surface area contributed by atoms with E-state index < -0.39 is 6.10 Å². The van der Waals surface area contributed by atoms with E-state index in [4.69, 9.17) is 10.5 Å². The molecule has 0 saturated heterocycles. The molecular formula is C37H45N5O4. The molecule has 0 unspecified atom stereocenters. The van der Waals surface area contributed by atoms with Gasteiger partial charge in [-0.15, -0.1) is 0 Å². The van der Waals surface area contributed by atoms with Crippen molar-refractivity contribution < 1.29 is 19.4 Å². The predicted octanol–water partition coefficient (Wildman–Crippen LogP) is 4.16. The molecule has 3 aromatic carbocycles. The van der Waals surface area contributed by atoms with Crippen LogP contribution in [0.4, 0.5) is 5.82 Å². The SMILES string of the molecule is C[C@H](Cc1cccc(CC(=O)NCc2ccc(C(=O)NCCOCCCc3ccccc3)cc2)c1)NC[C@@H](O)c1ccc(N)nc1. The highest BCUT2D eigenvalue weighted by atomic mass is 16.5. The summed E-state index contributed by atoms with van der Waals surface area (Å²) >= 11 is 0. The summed E-state index contributed by atoms with van der Waals surface area (Å²) in [5.41, 5.74) is 11.2. The minimum atomic E-state index is -0.676. The van der Waals surface area contributed by atoms with Gasteiger partial charge in [0.05, 0.1) is 19.1 Å². The van der Waals surface area contributed by atoms with Crippen molar-refractivity contribution in [1.82, 2.24) is 20.9 Å². The van der Waals surface area contributed by atoms with E-state index in [1.54, 1.807) is 30.5 Å². The molecular weight excluding hydrogens is 578 g/mol. The van der Waals surface area contributed by atoms with E-state index in [1.165, 1.54) is 5.56 Å². The number of benzene rings is 3. The van der Waals surface area contributed by atoms with Gasteiger partial charge in [0.2, 0.25) is 5.91 Å². The van der Waals surface area contributed by atoms with E-state index in [0.717, 1.165) is 36.0 Å². The Balaban J connectivity index is 1.11. The Labute approximate surface area is 271 Å². The van der Waals surface area contributed by atoms with Crippen LogP contribution in [0.15, 0.2) is 97.2 Å². The predicted molar refractivity (Wildman–Crippen MR) is 181 cm³/mol. The Morgan fingerprint density at radius 3 is 2.39 bits per heavy atom. The van der Waals surface area contributed by atoms with Gasteiger partial charge in [-0.3, -0.25) is 9.59 Å². The number of pyridine rings is 1. The van der Waals surface area contributed by atoms with Crippen LogP contribution in [0, 0.1) is 0 Å². The van der Waals surface area contributed by atoms with Gasteiger partial charge in [0, 0.05) is 49.6 Å². The van der Waals surface area contributed by atoms with Crippen LogP contribution in [0.2, 0.25) is 0 Å². The van der Waals surface area contributed by atoms with Gasteiger partial charge < -0.3 is 31.5 Å². The summed E-state index contributed by atoms with van der Waals surface area (Å²) < 4.78 is 5.64. The number of amides is 2.